The Bertz CT molecular complexity index is 766. The molecule has 0 heterocycles. The second-order valence-electron chi connectivity index (χ2n) is 5.40. The SMILES string of the molecule is Cc1ccccc1OCC(=O)Nc1cc(C(F)(F)F)cc(C(F)(F)F)c1. The number of ether oxygens (including phenoxy) is 1. The van der Waals surface area contributed by atoms with Crippen LogP contribution in [0.25, 0.3) is 0 Å². The minimum atomic E-state index is -4.99. The van der Waals surface area contributed by atoms with E-state index >= 15 is 0 Å². The summed E-state index contributed by atoms with van der Waals surface area (Å²) >= 11 is 0. The summed E-state index contributed by atoms with van der Waals surface area (Å²) in [6, 6.07) is 7.54. The highest BCUT2D eigenvalue weighted by Crippen LogP contribution is 2.37. The van der Waals surface area contributed by atoms with Gasteiger partial charge < -0.3 is 10.1 Å². The highest BCUT2D eigenvalue weighted by atomic mass is 19.4. The molecule has 0 fully saturated rings. The molecule has 0 spiro atoms. The fraction of sp³-hybridized carbons (Fsp3) is 0.235. The van der Waals surface area contributed by atoms with Gasteiger partial charge in [-0.05, 0) is 36.8 Å². The standard InChI is InChI=1S/C17H13F6NO2/c1-10-4-2-3-5-14(10)26-9-15(25)24-13-7-11(16(18,19)20)6-12(8-13)17(21,22)23/h2-8H,9H2,1H3,(H,24,25). The molecule has 9 heteroatoms. The van der Waals surface area contributed by atoms with Gasteiger partial charge in [0.1, 0.15) is 5.75 Å². The Morgan fingerprint density at radius 1 is 0.962 bits per heavy atom. The van der Waals surface area contributed by atoms with Gasteiger partial charge in [0.05, 0.1) is 11.1 Å². The molecule has 0 saturated carbocycles. The van der Waals surface area contributed by atoms with Crippen LogP contribution in [0, 0.1) is 6.92 Å². The lowest BCUT2D eigenvalue weighted by molar-refractivity contribution is -0.143. The summed E-state index contributed by atoms with van der Waals surface area (Å²) in [5.74, 6) is -0.511. The number of alkyl halides is 6. The number of rotatable bonds is 4. The zero-order valence-electron chi connectivity index (χ0n) is 13.3. The number of aryl methyl sites for hydroxylation is 1. The second-order valence-corrected chi connectivity index (χ2v) is 5.40. The predicted molar refractivity (Wildman–Crippen MR) is 81.7 cm³/mol. The zero-order valence-corrected chi connectivity index (χ0v) is 13.3. The van der Waals surface area contributed by atoms with E-state index in [2.05, 4.69) is 0 Å². The molecule has 0 aliphatic rings. The van der Waals surface area contributed by atoms with Crippen LogP contribution in [0.1, 0.15) is 16.7 Å². The van der Waals surface area contributed by atoms with Gasteiger partial charge in [-0.2, -0.15) is 26.3 Å². The highest BCUT2D eigenvalue weighted by Gasteiger charge is 2.37. The molecule has 0 saturated heterocycles. The van der Waals surface area contributed by atoms with Crippen molar-refractivity contribution in [2.75, 3.05) is 11.9 Å². The average Bonchev–Trinajstić information content (AvgIpc) is 2.52. The molecule has 3 nitrogen and oxygen atoms in total. The first-order valence-corrected chi connectivity index (χ1v) is 7.24. The maximum atomic E-state index is 12.8. The molecule has 26 heavy (non-hydrogen) atoms. The normalized spacial score (nSPS) is 12.0. The van der Waals surface area contributed by atoms with Gasteiger partial charge in [0, 0.05) is 5.69 Å². The predicted octanol–water partition coefficient (Wildman–Crippen LogP) is 5.05. The number of para-hydroxylation sites is 1. The summed E-state index contributed by atoms with van der Waals surface area (Å²) in [5.41, 5.74) is -2.92. The van der Waals surface area contributed by atoms with Gasteiger partial charge in [-0.25, -0.2) is 0 Å². The van der Waals surface area contributed by atoms with Crippen molar-refractivity contribution >= 4 is 11.6 Å². The average molecular weight is 377 g/mol. The second kappa shape index (κ2) is 7.27. The Morgan fingerprint density at radius 3 is 2.00 bits per heavy atom. The van der Waals surface area contributed by atoms with Crippen LogP contribution in [-0.2, 0) is 17.1 Å². The van der Waals surface area contributed by atoms with Crippen molar-refractivity contribution in [3.63, 3.8) is 0 Å². The lowest BCUT2D eigenvalue weighted by atomic mass is 10.1. The number of hydrogen-bond donors (Lipinski definition) is 1. The molecule has 0 aliphatic heterocycles. The first-order chi connectivity index (χ1) is 12.0. The van der Waals surface area contributed by atoms with Crippen molar-refractivity contribution in [2.24, 2.45) is 0 Å². The van der Waals surface area contributed by atoms with Gasteiger partial charge in [-0.3, -0.25) is 4.79 Å². The summed E-state index contributed by atoms with van der Waals surface area (Å²) in [6.45, 7) is 1.15. The number of hydrogen-bond acceptors (Lipinski definition) is 2. The molecule has 0 aromatic heterocycles. The van der Waals surface area contributed by atoms with Crippen LogP contribution < -0.4 is 10.1 Å². The van der Waals surface area contributed by atoms with E-state index in [1.807, 2.05) is 5.32 Å². The van der Waals surface area contributed by atoms with Crippen molar-refractivity contribution in [2.45, 2.75) is 19.3 Å². The molecule has 2 aromatic carbocycles. The Labute approximate surface area is 144 Å². The van der Waals surface area contributed by atoms with Gasteiger partial charge in [0.25, 0.3) is 5.91 Å². The van der Waals surface area contributed by atoms with E-state index in [0.717, 1.165) is 5.56 Å². The Kier molecular flexibility index (Phi) is 5.48. The van der Waals surface area contributed by atoms with Crippen LogP contribution in [0.5, 0.6) is 5.75 Å². The minimum Gasteiger partial charge on any atom is -0.483 e. The van der Waals surface area contributed by atoms with Crippen LogP contribution in [-0.4, -0.2) is 12.5 Å². The largest absolute Gasteiger partial charge is 0.483 e. The molecule has 2 aromatic rings. The maximum absolute atomic E-state index is 12.8. The Balaban J connectivity index is 2.17. The quantitative estimate of drug-likeness (QED) is 0.758. The smallest absolute Gasteiger partial charge is 0.416 e. The fourth-order valence-corrected chi connectivity index (χ4v) is 2.09. The van der Waals surface area contributed by atoms with Crippen molar-refractivity contribution in [3.05, 3.63) is 59.2 Å². The third-order valence-corrected chi connectivity index (χ3v) is 3.32. The summed E-state index contributed by atoms with van der Waals surface area (Å²) in [6.07, 6.45) is -9.98. The van der Waals surface area contributed by atoms with Gasteiger partial charge in [0.15, 0.2) is 6.61 Å². The van der Waals surface area contributed by atoms with Crippen LogP contribution >= 0.6 is 0 Å². The number of halogens is 6. The van der Waals surface area contributed by atoms with Gasteiger partial charge in [-0.1, -0.05) is 18.2 Å². The molecular weight excluding hydrogens is 364 g/mol. The molecule has 1 amide bonds. The van der Waals surface area contributed by atoms with Gasteiger partial charge in [-0.15, -0.1) is 0 Å². The summed E-state index contributed by atoms with van der Waals surface area (Å²) in [5, 5.41) is 1.99. The van der Waals surface area contributed by atoms with E-state index in [1.165, 1.54) is 0 Å². The monoisotopic (exact) mass is 377 g/mol. The number of carbonyl (C=O) groups excluding carboxylic acids is 1. The van der Waals surface area contributed by atoms with Crippen molar-refractivity contribution in [1.29, 1.82) is 0 Å². The van der Waals surface area contributed by atoms with Gasteiger partial charge >= 0.3 is 12.4 Å². The zero-order chi connectivity index (χ0) is 19.5. The van der Waals surface area contributed by atoms with Gasteiger partial charge in [0.2, 0.25) is 0 Å². The number of anilines is 1. The van der Waals surface area contributed by atoms with Crippen LogP contribution in [0.15, 0.2) is 42.5 Å². The molecule has 0 radical (unpaired) electrons. The van der Waals surface area contributed by atoms with Crippen LogP contribution in [0.4, 0.5) is 32.0 Å². The lowest BCUT2D eigenvalue weighted by Gasteiger charge is -2.15. The van der Waals surface area contributed by atoms with E-state index in [9.17, 15) is 31.1 Å². The molecular formula is C17H13F6NO2. The first-order valence-electron chi connectivity index (χ1n) is 7.24. The fourth-order valence-electron chi connectivity index (χ4n) is 2.09. The van der Waals surface area contributed by atoms with E-state index in [4.69, 9.17) is 4.74 Å². The number of benzene rings is 2. The van der Waals surface area contributed by atoms with E-state index in [0.29, 0.717) is 17.9 Å². The molecule has 0 unspecified atom stereocenters. The number of nitrogens with one attached hydrogen (secondary N) is 1. The molecule has 0 aliphatic carbocycles. The van der Waals surface area contributed by atoms with E-state index in [-0.39, 0.29) is 6.07 Å². The highest BCUT2D eigenvalue weighted by molar-refractivity contribution is 5.92. The number of carbonyl (C=O) groups is 1. The summed E-state index contributed by atoms with van der Waals surface area (Å²) < 4.78 is 81.9. The summed E-state index contributed by atoms with van der Waals surface area (Å²) in [7, 11) is 0. The third kappa shape index (κ3) is 5.14. The van der Waals surface area contributed by atoms with Crippen LogP contribution in [0.2, 0.25) is 0 Å². The molecule has 0 atom stereocenters. The lowest BCUT2D eigenvalue weighted by Crippen LogP contribution is -2.21. The third-order valence-electron chi connectivity index (χ3n) is 3.32. The molecule has 140 valence electrons. The summed E-state index contributed by atoms with van der Waals surface area (Å²) in [4.78, 5) is 11.8. The van der Waals surface area contributed by atoms with Crippen molar-refractivity contribution in [1.82, 2.24) is 0 Å². The maximum Gasteiger partial charge on any atom is 0.416 e. The Hall–Kier alpha value is -2.71. The van der Waals surface area contributed by atoms with Crippen molar-refractivity contribution < 1.29 is 35.9 Å². The first kappa shape index (κ1) is 19.6. The van der Waals surface area contributed by atoms with Crippen LogP contribution in [0.3, 0.4) is 0 Å². The molecule has 1 N–H and O–H groups in total. The van der Waals surface area contributed by atoms with E-state index in [1.54, 1.807) is 31.2 Å². The molecule has 0 bridgehead atoms. The molecule has 2 rings (SSSR count). The van der Waals surface area contributed by atoms with E-state index < -0.39 is 41.7 Å². The number of amides is 1. The topological polar surface area (TPSA) is 38.3 Å². The van der Waals surface area contributed by atoms with Crippen molar-refractivity contribution in [3.8, 4) is 5.75 Å². The minimum absolute atomic E-state index is 0.0144. The Morgan fingerprint density at radius 2 is 1.50 bits per heavy atom.